The fourth-order valence-corrected chi connectivity index (χ4v) is 2.70. The number of nitrogens with two attached hydrogens (primary N) is 1. The number of para-hydroxylation sites is 2. The van der Waals surface area contributed by atoms with Crippen molar-refractivity contribution in [2.24, 2.45) is 0 Å². The van der Waals surface area contributed by atoms with Gasteiger partial charge in [-0.15, -0.1) is 0 Å². The van der Waals surface area contributed by atoms with Crippen LogP contribution in [0.2, 0.25) is 0 Å². The molecule has 4 aromatic rings. The van der Waals surface area contributed by atoms with Gasteiger partial charge >= 0.3 is 0 Å². The second-order valence-corrected chi connectivity index (χ2v) is 5.97. The predicted molar refractivity (Wildman–Crippen MR) is 113 cm³/mol. The van der Waals surface area contributed by atoms with Crippen molar-refractivity contribution in [1.29, 1.82) is 0 Å². The molecule has 2 heterocycles. The minimum Gasteiger partial charge on any atom is -0.393 e. The third-order valence-electron chi connectivity index (χ3n) is 4.05. The molecule has 7 heteroatoms. The van der Waals surface area contributed by atoms with E-state index in [9.17, 15) is 0 Å². The van der Waals surface area contributed by atoms with Gasteiger partial charge in [0.25, 0.3) is 0 Å². The number of pyridine rings is 1. The number of aromatic nitrogens is 3. The molecule has 7 nitrogen and oxygen atoms in total. The van der Waals surface area contributed by atoms with Crippen molar-refractivity contribution in [2.75, 3.05) is 21.5 Å². The van der Waals surface area contributed by atoms with E-state index in [1.54, 1.807) is 12.4 Å². The van der Waals surface area contributed by atoms with Gasteiger partial charge in [0.15, 0.2) is 11.6 Å². The monoisotopic (exact) mass is 369 g/mol. The molecular weight excluding hydrogens is 350 g/mol. The maximum atomic E-state index is 6.34. The van der Waals surface area contributed by atoms with Gasteiger partial charge in [0.05, 0.1) is 23.3 Å². The molecule has 138 valence electrons. The zero-order valence-electron chi connectivity index (χ0n) is 15.0. The van der Waals surface area contributed by atoms with Crippen molar-refractivity contribution in [3.63, 3.8) is 0 Å². The summed E-state index contributed by atoms with van der Waals surface area (Å²) < 4.78 is 0. The molecule has 0 saturated carbocycles. The van der Waals surface area contributed by atoms with Crippen molar-refractivity contribution >= 4 is 34.4 Å². The average Bonchev–Trinajstić information content (AvgIpc) is 2.76. The summed E-state index contributed by atoms with van der Waals surface area (Å²) in [6.45, 7) is 0. The lowest BCUT2D eigenvalue weighted by atomic mass is 10.2. The van der Waals surface area contributed by atoms with Crippen molar-refractivity contribution in [3.8, 4) is 0 Å². The molecule has 0 aliphatic rings. The maximum Gasteiger partial charge on any atom is 0.173 e. The summed E-state index contributed by atoms with van der Waals surface area (Å²) >= 11 is 0. The number of nitrogens with one attached hydrogen (secondary N) is 2. The molecule has 2 aromatic carbocycles. The number of hydrogen-bond donors (Lipinski definition) is 3. The molecule has 28 heavy (non-hydrogen) atoms. The first-order valence-electron chi connectivity index (χ1n) is 8.75. The third kappa shape index (κ3) is 3.83. The summed E-state index contributed by atoms with van der Waals surface area (Å²) in [6.07, 6.45) is 4.87. The van der Waals surface area contributed by atoms with Gasteiger partial charge in [-0.3, -0.25) is 15.4 Å². The summed E-state index contributed by atoms with van der Waals surface area (Å²) in [5.41, 5.74) is 12.7. The molecule has 2 aromatic heterocycles. The van der Waals surface area contributed by atoms with Crippen molar-refractivity contribution in [2.45, 2.75) is 0 Å². The highest BCUT2D eigenvalue weighted by atomic mass is 15.5. The topological polar surface area (TPSA) is 92.0 Å². The fourth-order valence-electron chi connectivity index (χ4n) is 2.70. The second kappa shape index (κ2) is 8.05. The lowest BCUT2D eigenvalue weighted by Gasteiger charge is -2.26. The summed E-state index contributed by atoms with van der Waals surface area (Å²) in [4.78, 5) is 12.7. The first kappa shape index (κ1) is 17.3. The van der Waals surface area contributed by atoms with Crippen molar-refractivity contribution in [3.05, 3.63) is 91.5 Å². The van der Waals surface area contributed by atoms with Gasteiger partial charge in [-0.25, -0.2) is 9.97 Å². The Balaban J connectivity index is 1.67. The zero-order chi connectivity index (χ0) is 19.2. The van der Waals surface area contributed by atoms with Crippen LogP contribution < -0.4 is 21.5 Å². The quantitative estimate of drug-likeness (QED) is 0.435. The zero-order valence-corrected chi connectivity index (χ0v) is 15.0. The van der Waals surface area contributed by atoms with Crippen LogP contribution in [0.3, 0.4) is 0 Å². The largest absolute Gasteiger partial charge is 0.393 e. The number of rotatable bonds is 6. The summed E-state index contributed by atoms with van der Waals surface area (Å²) in [6, 6.07) is 23.6. The van der Waals surface area contributed by atoms with Gasteiger partial charge in [-0.05, 0) is 36.4 Å². The number of hydrogen-bond acceptors (Lipinski definition) is 7. The van der Waals surface area contributed by atoms with Crippen molar-refractivity contribution in [1.82, 2.24) is 15.0 Å². The Hall–Kier alpha value is -4.13. The number of benzene rings is 2. The molecule has 0 aliphatic heterocycles. The molecule has 0 atom stereocenters. The summed E-state index contributed by atoms with van der Waals surface area (Å²) in [5, 5.41) is 5.09. The number of hydrazine groups is 1. The minimum atomic E-state index is 0.406. The van der Waals surface area contributed by atoms with E-state index in [-0.39, 0.29) is 0 Å². The van der Waals surface area contributed by atoms with Gasteiger partial charge in [0.1, 0.15) is 12.0 Å². The molecule has 0 fully saturated rings. The Morgan fingerprint density at radius 1 is 0.750 bits per heavy atom. The van der Waals surface area contributed by atoms with Crippen molar-refractivity contribution < 1.29 is 0 Å². The highest BCUT2D eigenvalue weighted by Gasteiger charge is 2.14. The SMILES string of the molecule is Nc1c(Nc2cccnc2)ncnc1NN(c1ccccc1)c1ccccc1. The summed E-state index contributed by atoms with van der Waals surface area (Å²) in [5.74, 6) is 1.00. The number of nitrogens with zero attached hydrogens (tertiary/aromatic N) is 4. The molecule has 0 saturated heterocycles. The normalized spacial score (nSPS) is 10.3. The van der Waals surface area contributed by atoms with Crippen LogP contribution in [0.15, 0.2) is 91.5 Å². The molecular formula is C21H19N7. The van der Waals surface area contributed by atoms with E-state index in [2.05, 4.69) is 25.7 Å². The molecule has 4 rings (SSSR count). The third-order valence-corrected chi connectivity index (χ3v) is 4.05. The van der Waals surface area contributed by atoms with Crippen LogP contribution in [0.1, 0.15) is 0 Å². The van der Waals surface area contributed by atoms with E-state index in [1.807, 2.05) is 77.8 Å². The van der Waals surface area contributed by atoms with Crippen LogP contribution in [0.5, 0.6) is 0 Å². The lowest BCUT2D eigenvalue weighted by Crippen LogP contribution is -2.26. The first-order chi connectivity index (χ1) is 13.8. The molecule has 0 bridgehead atoms. The smallest absolute Gasteiger partial charge is 0.173 e. The highest BCUT2D eigenvalue weighted by molar-refractivity contribution is 5.80. The van der Waals surface area contributed by atoms with E-state index < -0.39 is 0 Å². The van der Waals surface area contributed by atoms with E-state index in [4.69, 9.17) is 5.73 Å². The van der Waals surface area contributed by atoms with Gasteiger partial charge in [-0.2, -0.15) is 0 Å². The Morgan fingerprint density at radius 2 is 1.39 bits per heavy atom. The fraction of sp³-hybridized carbons (Fsp3) is 0. The molecule has 0 amide bonds. The molecule has 4 N–H and O–H groups in total. The van der Waals surface area contributed by atoms with Crippen LogP contribution in [-0.4, -0.2) is 15.0 Å². The Kier molecular flexibility index (Phi) is 4.97. The Bertz CT molecular complexity index is 985. The van der Waals surface area contributed by atoms with E-state index in [0.717, 1.165) is 17.1 Å². The van der Waals surface area contributed by atoms with Crippen LogP contribution in [-0.2, 0) is 0 Å². The van der Waals surface area contributed by atoms with Gasteiger partial charge < -0.3 is 11.1 Å². The second-order valence-electron chi connectivity index (χ2n) is 5.97. The predicted octanol–water partition coefficient (Wildman–Crippen LogP) is 4.36. The standard InChI is InChI=1S/C21H19N7/c22-19-20(26-16-8-7-13-23-14-16)24-15-25-21(19)27-28(17-9-3-1-4-10-17)18-11-5-2-6-12-18/h1-15H,22H2,(H2,24,25,26,27). The lowest BCUT2D eigenvalue weighted by molar-refractivity contribution is 1.09. The Morgan fingerprint density at radius 3 is 2.00 bits per heavy atom. The Labute approximate surface area is 162 Å². The van der Waals surface area contributed by atoms with E-state index >= 15 is 0 Å². The summed E-state index contributed by atoms with van der Waals surface area (Å²) in [7, 11) is 0. The average molecular weight is 369 g/mol. The van der Waals surface area contributed by atoms with Crippen LogP contribution in [0, 0.1) is 0 Å². The maximum absolute atomic E-state index is 6.34. The number of anilines is 6. The van der Waals surface area contributed by atoms with Gasteiger partial charge in [0.2, 0.25) is 0 Å². The van der Waals surface area contributed by atoms with Crippen LogP contribution in [0.25, 0.3) is 0 Å². The number of nitrogen functional groups attached to an aromatic ring is 1. The first-order valence-corrected chi connectivity index (χ1v) is 8.75. The van der Waals surface area contributed by atoms with Gasteiger partial charge in [-0.1, -0.05) is 36.4 Å². The van der Waals surface area contributed by atoms with E-state index in [0.29, 0.717) is 17.3 Å². The molecule has 0 radical (unpaired) electrons. The van der Waals surface area contributed by atoms with Crippen LogP contribution in [0.4, 0.5) is 34.4 Å². The van der Waals surface area contributed by atoms with E-state index in [1.165, 1.54) is 6.33 Å². The molecule has 0 aliphatic carbocycles. The molecule has 0 spiro atoms. The minimum absolute atomic E-state index is 0.406. The molecule has 0 unspecified atom stereocenters. The highest BCUT2D eigenvalue weighted by Crippen LogP contribution is 2.30. The van der Waals surface area contributed by atoms with Gasteiger partial charge in [0, 0.05) is 6.20 Å². The van der Waals surface area contributed by atoms with Crippen LogP contribution >= 0.6 is 0 Å².